The van der Waals surface area contributed by atoms with E-state index < -0.39 is 37.9 Å². The van der Waals surface area contributed by atoms with Gasteiger partial charge in [-0.3, -0.25) is 10.1 Å². The number of carbonyl (C=O) groups is 1. The molecule has 7 nitrogen and oxygen atoms in total. The van der Waals surface area contributed by atoms with E-state index in [4.69, 9.17) is 25.7 Å². The van der Waals surface area contributed by atoms with Crippen LogP contribution in [0.5, 0.6) is 0 Å². The molecule has 82 valence electrons. The SMILES string of the molecule is C#N.O=C(O)CNC(CO)(CO)CO. The molecule has 0 aliphatic rings. The van der Waals surface area contributed by atoms with Crippen molar-refractivity contribution >= 4 is 5.97 Å². The molecule has 0 fully saturated rings. The van der Waals surface area contributed by atoms with E-state index in [0.717, 1.165) is 0 Å². The minimum Gasteiger partial charge on any atom is -0.480 e. The van der Waals surface area contributed by atoms with Gasteiger partial charge in [0.2, 0.25) is 0 Å². The van der Waals surface area contributed by atoms with E-state index in [1.54, 1.807) is 0 Å². The highest BCUT2D eigenvalue weighted by Crippen LogP contribution is 1.99. The van der Waals surface area contributed by atoms with Gasteiger partial charge in [-0.15, -0.1) is 0 Å². The molecule has 5 N–H and O–H groups in total. The minimum absolute atomic E-state index is 0.415. The van der Waals surface area contributed by atoms with E-state index >= 15 is 0 Å². The Balaban J connectivity index is 0. The number of nitrogens with zero attached hydrogens (tertiary/aromatic N) is 1. The summed E-state index contributed by atoms with van der Waals surface area (Å²) >= 11 is 0. The predicted octanol–water partition coefficient (Wildman–Crippen LogP) is -2.48. The molecule has 0 heterocycles. The lowest BCUT2D eigenvalue weighted by Crippen LogP contribution is -2.56. The highest BCUT2D eigenvalue weighted by molar-refractivity contribution is 5.69. The second-order valence-corrected chi connectivity index (χ2v) is 2.50. The second kappa shape index (κ2) is 8.40. The largest absolute Gasteiger partial charge is 0.480 e. The molecule has 0 aliphatic heterocycles. The number of aliphatic hydroxyl groups is 3. The lowest BCUT2D eigenvalue weighted by molar-refractivity contribution is -0.136. The molecule has 0 bridgehead atoms. The van der Waals surface area contributed by atoms with Crippen LogP contribution in [0.4, 0.5) is 0 Å². The van der Waals surface area contributed by atoms with Gasteiger partial charge >= 0.3 is 5.97 Å². The van der Waals surface area contributed by atoms with Crippen LogP contribution in [0.15, 0.2) is 0 Å². The predicted molar refractivity (Wildman–Crippen MR) is 46.3 cm³/mol. The van der Waals surface area contributed by atoms with Crippen LogP contribution in [0.2, 0.25) is 0 Å². The monoisotopic (exact) mass is 206 g/mol. The average Bonchev–Trinajstić information content (AvgIpc) is 2.23. The topological polar surface area (TPSA) is 134 Å². The lowest BCUT2D eigenvalue weighted by Gasteiger charge is -2.27. The third-order valence-corrected chi connectivity index (χ3v) is 1.52. The van der Waals surface area contributed by atoms with Gasteiger partial charge in [0.05, 0.1) is 31.9 Å². The molecule has 0 unspecified atom stereocenters. The normalized spacial score (nSPS) is 10.1. The molecule has 0 spiro atoms. The fourth-order valence-electron chi connectivity index (χ4n) is 0.581. The number of aliphatic hydroxyl groups excluding tert-OH is 3. The number of hydrogen-bond acceptors (Lipinski definition) is 6. The first-order valence-corrected chi connectivity index (χ1v) is 3.65. The van der Waals surface area contributed by atoms with E-state index in [2.05, 4.69) is 11.9 Å². The molecule has 0 saturated carbocycles. The van der Waals surface area contributed by atoms with Crippen molar-refractivity contribution in [3.05, 3.63) is 0 Å². The van der Waals surface area contributed by atoms with Crippen molar-refractivity contribution in [3.8, 4) is 6.57 Å². The summed E-state index contributed by atoms with van der Waals surface area (Å²) in [6, 6.07) is 0. The summed E-state index contributed by atoms with van der Waals surface area (Å²) < 4.78 is 0. The van der Waals surface area contributed by atoms with Crippen LogP contribution < -0.4 is 5.32 Å². The van der Waals surface area contributed by atoms with Crippen LogP contribution in [-0.4, -0.2) is 58.3 Å². The summed E-state index contributed by atoms with van der Waals surface area (Å²) in [6.07, 6.45) is 0. The first-order chi connectivity index (χ1) is 6.60. The molecular weight excluding hydrogens is 192 g/mol. The van der Waals surface area contributed by atoms with Gasteiger partial charge in [-0.25, -0.2) is 5.26 Å². The summed E-state index contributed by atoms with van der Waals surface area (Å²) in [6.45, 7) is 1.52. The van der Waals surface area contributed by atoms with Crippen molar-refractivity contribution in [1.82, 2.24) is 5.32 Å². The molecule has 0 rings (SSSR count). The van der Waals surface area contributed by atoms with Gasteiger partial charge < -0.3 is 20.4 Å². The Bertz CT molecular complexity index is 170. The van der Waals surface area contributed by atoms with Gasteiger partial charge in [0, 0.05) is 6.57 Å². The summed E-state index contributed by atoms with van der Waals surface area (Å²) in [4.78, 5) is 10.1. The van der Waals surface area contributed by atoms with Crippen LogP contribution in [0.1, 0.15) is 0 Å². The van der Waals surface area contributed by atoms with E-state index in [9.17, 15) is 4.79 Å². The number of carboxylic acid groups (broad SMARTS) is 1. The van der Waals surface area contributed by atoms with Gasteiger partial charge in [0.15, 0.2) is 0 Å². The zero-order valence-corrected chi connectivity index (χ0v) is 7.55. The molecule has 7 heteroatoms. The number of hydrogen-bond donors (Lipinski definition) is 5. The van der Waals surface area contributed by atoms with Crippen LogP contribution in [0, 0.1) is 11.8 Å². The van der Waals surface area contributed by atoms with Crippen LogP contribution in [0.25, 0.3) is 0 Å². The fraction of sp³-hybridized carbons (Fsp3) is 0.714. The Labute approximate surface area is 81.2 Å². The third kappa shape index (κ3) is 5.45. The van der Waals surface area contributed by atoms with Gasteiger partial charge in [0.25, 0.3) is 0 Å². The van der Waals surface area contributed by atoms with E-state index in [1.165, 1.54) is 0 Å². The summed E-state index contributed by atoms with van der Waals surface area (Å²) in [5.41, 5.74) is -1.31. The molecule has 0 aromatic rings. The zero-order valence-electron chi connectivity index (χ0n) is 7.55. The summed E-state index contributed by atoms with van der Waals surface area (Å²) in [5.74, 6) is -1.12. The molecule has 0 aliphatic carbocycles. The Morgan fingerprint density at radius 2 is 1.57 bits per heavy atom. The standard InChI is InChI=1S/C6H13NO5.CHN/c8-2-6(3-9,4-10)7-1-5(11)12;1-2/h7-10H,1-4H2,(H,11,12);1H. The molecule has 0 saturated heterocycles. The van der Waals surface area contributed by atoms with Crippen LogP contribution >= 0.6 is 0 Å². The van der Waals surface area contributed by atoms with Crippen molar-refractivity contribution < 1.29 is 25.2 Å². The molecular formula is C7H14N2O5. The highest BCUT2D eigenvalue weighted by atomic mass is 16.4. The molecule has 14 heavy (non-hydrogen) atoms. The van der Waals surface area contributed by atoms with Crippen molar-refractivity contribution in [2.45, 2.75) is 5.54 Å². The zero-order chi connectivity index (χ0) is 11.6. The maximum Gasteiger partial charge on any atom is 0.317 e. The third-order valence-electron chi connectivity index (χ3n) is 1.52. The Hall–Kier alpha value is -1.20. The number of carboxylic acids is 1. The van der Waals surface area contributed by atoms with Gasteiger partial charge in [-0.2, -0.15) is 0 Å². The minimum atomic E-state index is -1.31. The first kappa shape index (κ1) is 15.3. The average molecular weight is 206 g/mol. The number of nitriles is 1. The molecule has 0 aromatic heterocycles. The lowest BCUT2D eigenvalue weighted by atomic mass is 10.0. The number of nitrogens with one attached hydrogen (secondary N) is 1. The van der Waals surface area contributed by atoms with Gasteiger partial charge in [0.1, 0.15) is 0 Å². The Morgan fingerprint density at radius 3 is 1.79 bits per heavy atom. The number of rotatable bonds is 6. The quantitative estimate of drug-likeness (QED) is 0.324. The molecule has 0 atom stereocenters. The van der Waals surface area contributed by atoms with Crippen molar-refractivity contribution in [2.24, 2.45) is 0 Å². The second-order valence-electron chi connectivity index (χ2n) is 2.50. The van der Waals surface area contributed by atoms with Crippen molar-refractivity contribution in [1.29, 1.82) is 5.26 Å². The van der Waals surface area contributed by atoms with Crippen LogP contribution in [-0.2, 0) is 4.79 Å². The molecule has 0 aromatic carbocycles. The van der Waals surface area contributed by atoms with E-state index in [0.29, 0.717) is 0 Å². The summed E-state index contributed by atoms with van der Waals surface area (Å²) in [7, 11) is 0. The van der Waals surface area contributed by atoms with E-state index in [-0.39, 0.29) is 0 Å². The van der Waals surface area contributed by atoms with Crippen molar-refractivity contribution in [2.75, 3.05) is 26.4 Å². The molecule has 0 radical (unpaired) electrons. The maximum absolute atomic E-state index is 10.1. The van der Waals surface area contributed by atoms with Crippen molar-refractivity contribution in [3.63, 3.8) is 0 Å². The Kier molecular flexibility index (Phi) is 9.17. The maximum atomic E-state index is 10.1. The van der Waals surface area contributed by atoms with Gasteiger partial charge in [-0.05, 0) is 0 Å². The highest BCUT2D eigenvalue weighted by Gasteiger charge is 2.27. The fourth-order valence-corrected chi connectivity index (χ4v) is 0.581. The first-order valence-electron chi connectivity index (χ1n) is 3.65. The Morgan fingerprint density at radius 1 is 1.21 bits per heavy atom. The molecule has 0 amide bonds. The number of aliphatic carboxylic acids is 1. The van der Waals surface area contributed by atoms with E-state index in [1.807, 2.05) is 0 Å². The summed E-state index contributed by atoms with van der Waals surface area (Å²) in [5, 5.41) is 43.2. The van der Waals surface area contributed by atoms with Gasteiger partial charge in [-0.1, -0.05) is 0 Å². The van der Waals surface area contributed by atoms with Crippen LogP contribution in [0.3, 0.4) is 0 Å². The smallest absolute Gasteiger partial charge is 0.317 e.